The summed E-state index contributed by atoms with van der Waals surface area (Å²) in [6.07, 6.45) is 0.494. The van der Waals surface area contributed by atoms with E-state index in [1.807, 2.05) is 12.3 Å². The molecule has 0 aliphatic rings. The predicted molar refractivity (Wildman–Crippen MR) is 119 cm³/mol. The highest BCUT2D eigenvalue weighted by Gasteiger charge is 2.28. The van der Waals surface area contributed by atoms with Crippen molar-refractivity contribution in [2.45, 2.75) is 6.92 Å². The molecule has 0 fully saturated rings. The van der Waals surface area contributed by atoms with Crippen LogP contribution in [0.5, 0.6) is 0 Å². The van der Waals surface area contributed by atoms with Crippen LogP contribution in [0.4, 0.5) is 0 Å². The maximum Gasteiger partial charge on any atom is 0.254 e. The van der Waals surface area contributed by atoms with E-state index in [0.29, 0.717) is 0 Å². The molecule has 1 heterocycles. The van der Waals surface area contributed by atoms with Crippen LogP contribution in [0, 0.1) is 18.7 Å². The molecule has 0 bridgehead atoms. The first-order valence-electron chi connectivity index (χ1n) is 9.63. The molecule has 0 atom stereocenters. The first-order chi connectivity index (χ1) is 13.8. The van der Waals surface area contributed by atoms with Gasteiger partial charge in [-0.15, -0.1) is 0 Å². The first-order valence-corrected chi connectivity index (χ1v) is 9.63. The van der Waals surface area contributed by atoms with Gasteiger partial charge in [0.1, 0.15) is 6.15 Å². The van der Waals surface area contributed by atoms with Crippen LogP contribution in [0.2, 0.25) is 0 Å². The second-order valence-electron chi connectivity index (χ2n) is 7.10. The Hall–Kier alpha value is -3.57. The third kappa shape index (κ3) is 3.35. The number of H-pyrrole nitrogens is 1. The number of hydrogen-bond acceptors (Lipinski definition) is 0. The molecule has 0 saturated heterocycles. The fourth-order valence-corrected chi connectivity index (χ4v) is 3.89. The zero-order chi connectivity index (χ0) is 19.2. The molecule has 1 aromatic heterocycles. The third-order valence-corrected chi connectivity index (χ3v) is 5.38. The summed E-state index contributed by atoms with van der Waals surface area (Å²) >= 11 is 0. The Kier molecular flexibility index (Phi) is 5.08. The molecule has 0 saturated carbocycles. The Labute approximate surface area is 167 Å². The molecule has 1 N–H and O–H groups in total. The van der Waals surface area contributed by atoms with E-state index < -0.39 is 6.15 Å². The van der Waals surface area contributed by atoms with E-state index in [1.54, 1.807) is 0 Å². The topological polar surface area (TPSA) is 14.1 Å². The fraction of sp³-hybridized carbons (Fsp3) is 0.0385. The number of benzene rings is 3. The zero-order valence-corrected chi connectivity index (χ0v) is 16.0. The molecule has 134 valence electrons. The van der Waals surface area contributed by atoms with Crippen molar-refractivity contribution in [3.63, 3.8) is 0 Å². The summed E-state index contributed by atoms with van der Waals surface area (Å²) in [5.41, 5.74) is 5.77. The number of aromatic nitrogens is 1. The second-order valence-corrected chi connectivity index (χ2v) is 7.10. The van der Waals surface area contributed by atoms with Gasteiger partial charge in [0.25, 0.3) is 5.69 Å². The average Bonchev–Trinajstić information content (AvgIpc) is 2.78. The lowest BCUT2D eigenvalue weighted by atomic mass is 9.16. The van der Waals surface area contributed by atoms with E-state index >= 15 is 0 Å². The van der Waals surface area contributed by atoms with Gasteiger partial charge < -0.3 is 0 Å². The minimum atomic E-state index is -1.44. The fourth-order valence-electron chi connectivity index (χ4n) is 3.89. The average molecular weight is 359 g/mol. The van der Waals surface area contributed by atoms with E-state index in [1.165, 1.54) is 16.4 Å². The normalized spacial score (nSPS) is 10.8. The summed E-state index contributed by atoms with van der Waals surface area (Å²) in [5.74, 6) is 7.19. The minimum Gasteiger partial charge on any atom is -0.286 e. The van der Waals surface area contributed by atoms with Gasteiger partial charge in [-0.3, -0.25) is 5.82 Å². The number of rotatable bonds is 3. The number of pyridine rings is 1. The second kappa shape index (κ2) is 7.98. The van der Waals surface area contributed by atoms with Crippen molar-refractivity contribution in [3.05, 3.63) is 121 Å². The van der Waals surface area contributed by atoms with Gasteiger partial charge >= 0.3 is 0 Å². The van der Waals surface area contributed by atoms with Crippen LogP contribution in [-0.4, -0.2) is 6.15 Å². The van der Waals surface area contributed by atoms with Gasteiger partial charge in [0, 0.05) is 11.6 Å². The molecule has 4 rings (SSSR count). The van der Waals surface area contributed by atoms with Crippen LogP contribution < -0.4 is 21.4 Å². The molecule has 0 amide bonds. The third-order valence-electron chi connectivity index (χ3n) is 5.38. The molecular weight excluding hydrogens is 337 g/mol. The number of hydrogen-bond donors (Lipinski definition) is 0. The summed E-state index contributed by atoms with van der Waals surface area (Å²) in [4.78, 5) is 3.30. The van der Waals surface area contributed by atoms with Crippen molar-refractivity contribution in [2.75, 3.05) is 0 Å². The highest BCUT2D eigenvalue weighted by Crippen LogP contribution is 2.08. The summed E-state index contributed by atoms with van der Waals surface area (Å²) in [7, 11) is 0. The highest BCUT2D eigenvalue weighted by molar-refractivity contribution is 7.16. The summed E-state index contributed by atoms with van der Waals surface area (Å²) in [5, 5.41) is 0. The molecule has 0 unspecified atom stereocenters. The predicted octanol–water partition coefficient (Wildman–Crippen LogP) is 2.87. The smallest absolute Gasteiger partial charge is 0.254 e. The van der Waals surface area contributed by atoms with Crippen molar-refractivity contribution in [1.82, 2.24) is 0 Å². The molecular formula is C26H22BN. The van der Waals surface area contributed by atoms with Gasteiger partial charge in [-0.25, -0.2) is 4.98 Å². The van der Waals surface area contributed by atoms with Gasteiger partial charge in [0.15, 0.2) is 6.20 Å². The quantitative estimate of drug-likeness (QED) is 0.395. The lowest BCUT2D eigenvalue weighted by molar-refractivity contribution is -0.382. The van der Waals surface area contributed by atoms with E-state index in [-0.39, 0.29) is 0 Å². The maximum absolute atomic E-state index is 3.72. The summed E-state index contributed by atoms with van der Waals surface area (Å²) < 4.78 is 0. The molecule has 3 aromatic carbocycles. The van der Waals surface area contributed by atoms with Crippen LogP contribution in [0.1, 0.15) is 11.3 Å². The van der Waals surface area contributed by atoms with Crippen LogP contribution in [-0.2, 0) is 0 Å². The van der Waals surface area contributed by atoms with E-state index in [9.17, 15) is 0 Å². The largest absolute Gasteiger partial charge is 0.286 e. The van der Waals surface area contributed by atoms with Crippen LogP contribution in [0.15, 0.2) is 109 Å². The van der Waals surface area contributed by atoms with Gasteiger partial charge in [-0.05, 0) is 18.9 Å². The number of aryl methyl sites for hydroxylation is 1. The Balaban J connectivity index is 2.04. The summed E-state index contributed by atoms with van der Waals surface area (Å²) in [6, 6.07) is 36.0. The minimum absolute atomic E-state index is 0.955. The van der Waals surface area contributed by atoms with Gasteiger partial charge in [0.05, 0.1) is 0 Å². The van der Waals surface area contributed by atoms with Crippen molar-refractivity contribution >= 4 is 22.5 Å². The molecule has 4 aromatic rings. The SMILES string of the molecule is Cc1ccc[nH+]c1C#C[B-](c1ccccc1)(c1ccccc1)c1ccccc1. The molecule has 0 aliphatic heterocycles. The lowest BCUT2D eigenvalue weighted by Gasteiger charge is -2.38. The molecule has 2 heteroatoms. The maximum atomic E-state index is 3.72. The summed E-state index contributed by atoms with van der Waals surface area (Å²) in [6.45, 7) is 2.09. The Morgan fingerprint density at radius 1 is 0.607 bits per heavy atom. The first kappa shape index (κ1) is 17.8. The molecule has 0 spiro atoms. The van der Waals surface area contributed by atoms with Gasteiger partial charge in [-0.2, -0.15) is 16.4 Å². The highest BCUT2D eigenvalue weighted by atomic mass is 14.7. The molecule has 1 nitrogen and oxygen atoms in total. The molecule has 0 radical (unpaired) electrons. The van der Waals surface area contributed by atoms with E-state index in [0.717, 1.165) is 11.3 Å². The monoisotopic (exact) mass is 359 g/mol. The standard InChI is InChI=1S/C26H21BN/c1-22-12-11-21-28-26(22)19-20-27(23-13-5-2-6-14-23,24-15-7-3-8-16-24)25-17-9-4-10-18-25/h2-18,21H,1H3/q-1/p+1. The Morgan fingerprint density at radius 2 is 1.07 bits per heavy atom. The molecule has 0 aliphatic carbocycles. The zero-order valence-electron chi connectivity index (χ0n) is 16.0. The number of aromatic amines is 1. The number of nitrogens with one attached hydrogen (secondary N) is 1. The van der Waals surface area contributed by atoms with Crippen molar-refractivity contribution < 1.29 is 4.98 Å². The van der Waals surface area contributed by atoms with Gasteiger partial charge in [0.2, 0.25) is 0 Å². The lowest BCUT2D eigenvalue weighted by Crippen LogP contribution is -2.66. The van der Waals surface area contributed by atoms with Crippen LogP contribution in [0.3, 0.4) is 0 Å². The van der Waals surface area contributed by atoms with Gasteiger partial charge in [-0.1, -0.05) is 91.0 Å². The van der Waals surface area contributed by atoms with E-state index in [2.05, 4.69) is 121 Å². The van der Waals surface area contributed by atoms with Crippen molar-refractivity contribution in [2.24, 2.45) is 0 Å². The Bertz CT molecular complexity index is 1010. The van der Waals surface area contributed by atoms with Crippen molar-refractivity contribution in [3.8, 4) is 11.7 Å². The van der Waals surface area contributed by atoms with Crippen LogP contribution in [0.25, 0.3) is 0 Å². The Morgan fingerprint density at radius 3 is 1.50 bits per heavy atom. The van der Waals surface area contributed by atoms with E-state index in [4.69, 9.17) is 0 Å². The molecule has 28 heavy (non-hydrogen) atoms. The van der Waals surface area contributed by atoms with Crippen molar-refractivity contribution in [1.29, 1.82) is 0 Å². The van der Waals surface area contributed by atoms with Crippen LogP contribution >= 0.6 is 0 Å².